The number of benzene rings is 1. The summed E-state index contributed by atoms with van der Waals surface area (Å²) in [6.45, 7) is 0. The lowest BCUT2D eigenvalue weighted by molar-refractivity contribution is -0.385. The third-order valence-electron chi connectivity index (χ3n) is 2.41. The number of halogens is 1. The number of rotatable bonds is 4. The minimum atomic E-state index is -0.958. The summed E-state index contributed by atoms with van der Waals surface area (Å²) in [6, 6.07) is 4.52. The summed E-state index contributed by atoms with van der Waals surface area (Å²) in [5, 5.41) is 29.3. The van der Waals surface area contributed by atoms with Crippen molar-refractivity contribution in [2.24, 2.45) is 10.9 Å². The van der Waals surface area contributed by atoms with Crippen molar-refractivity contribution in [1.29, 1.82) is 0 Å². The number of para-hydroxylation sites is 1. The van der Waals surface area contributed by atoms with Crippen LogP contribution in [0.1, 0.15) is 5.56 Å². The number of nitro benzene ring substituents is 1. The van der Waals surface area contributed by atoms with E-state index in [1.807, 2.05) is 0 Å². The van der Waals surface area contributed by atoms with Crippen LogP contribution in [0.15, 0.2) is 35.6 Å². The Balaban J connectivity index is 2.52. The van der Waals surface area contributed by atoms with Gasteiger partial charge in [0.05, 0.1) is 16.7 Å². The van der Waals surface area contributed by atoms with E-state index in [0.29, 0.717) is 0 Å². The summed E-state index contributed by atoms with van der Waals surface area (Å²) in [5.41, 5.74) is 4.82. The zero-order valence-electron chi connectivity index (χ0n) is 10.3. The van der Waals surface area contributed by atoms with Gasteiger partial charge in [-0.2, -0.15) is 5.10 Å². The van der Waals surface area contributed by atoms with Gasteiger partial charge in [-0.05, 0) is 12.1 Å². The highest BCUT2D eigenvalue weighted by atomic mass is 19.1. The Morgan fingerprint density at radius 1 is 1.48 bits per heavy atom. The normalized spacial score (nSPS) is 11.2. The molecule has 1 aromatic heterocycles. The van der Waals surface area contributed by atoms with Crippen LogP contribution in [0.25, 0.3) is 0 Å². The van der Waals surface area contributed by atoms with Crippen molar-refractivity contribution < 1.29 is 19.3 Å². The van der Waals surface area contributed by atoms with Crippen LogP contribution in [-0.4, -0.2) is 26.2 Å². The molecular formula is C11H8FN5O4. The molecular weight excluding hydrogens is 285 g/mol. The zero-order chi connectivity index (χ0) is 15.4. The fourth-order valence-corrected chi connectivity index (χ4v) is 1.48. The standard InChI is InChI=1S/C11H8FN5O4/c12-7-2-1-3-8(17(19)20)9(7)21-11-6(10(13)16-18)4-5-14-15-11/h1-5,18H,(H2,13,16). The molecule has 0 aliphatic heterocycles. The van der Waals surface area contributed by atoms with Crippen molar-refractivity contribution in [2.75, 3.05) is 0 Å². The van der Waals surface area contributed by atoms with Crippen molar-refractivity contribution in [3.63, 3.8) is 0 Å². The van der Waals surface area contributed by atoms with E-state index >= 15 is 0 Å². The molecule has 1 heterocycles. The molecule has 0 atom stereocenters. The number of aromatic nitrogens is 2. The number of ether oxygens (including phenoxy) is 1. The van der Waals surface area contributed by atoms with Gasteiger partial charge in [-0.3, -0.25) is 10.1 Å². The molecule has 2 aromatic rings. The first-order chi connectivity index (χ1) is 10.0. The molecule has 0 unspecified atom stereocenters. The number of nitrogens with zero attached hydrogens (tertiary/aromatic N) is 4. The molecule has 0 spiro atoms. The Morgan fingerprint density at radius 2 is 2.24 bits per heavy atom. The van der Waals surface area contributed by atoms with Crippen LogP contribution in [0, 0.1) is 15.9 Å². The SMILES string of the molecule is N/C(=N/O)c1ccnnc1Oc1c(F)cccc1[N+](=O)[O-]. The van der Waals surface area contributed by atoms with Gasteiger partial charge >= 0.3 is 5.69 Å². The van der Waals surface area contributed by atoms with E-state index in [4.69, 9.17) is 15.7 Å². The van der Waals surface area contributed by atoms with Crippen molar-refractivity contribution in [3.05, 3.63) is 52.0 Å². The van der Waals surface area contributed by atoms with Gasteiger partial charge in [-0.15, -0.1) is 5.10 Å². The van der Waals surface area contributed by atoms with E-state index in [1.165, 1.54) is 18.3 Å². The molecule has 0 aliphatic carbocycles. The largest absolute Gasteiger partial charge is 0.426 e. The maximum atomic E-state index is 13.7. The van der Waals surface area contributed by atoms with Crippen LogP contribution in [-0.2, 0) is 0 Å². The predicted octanol–water partition coefficient (Wildman–Crippen LogP) is 1.41. The van der Waals surface area contributed by atoms with E-state index in [1.54, 1.807) is 0 Å². The minimum absolute atomic E-state index is 0.00468. The highest BCUT2D eigenvalue weighted by molar-refractivity contribution is 5.98. The number of nitro groups is 1. The molecule has 0 amide bonds. The molecule has 0 fully saturated rings. The maximum Gasteiger partial charge on any atom is 0.314 e. The van der Waals surface area contributed by atoms with Crippen LogP contribution in [0.4, 0.5) is 10.1 Å². The van der Waals surface area contributed by atoms with Crippen LogP contribution in [0.3, 0.4) is 0 Å². The van der Waals surface area contributed by atoms with E-state index in [0.717, 1.165) is 12.1 Å². The first-order valence-electron chi connectivity index (χ1n) is 5.45. The van der Waals surface area contributed by atoms with Gasteiger partial charge < -0.3 is 15.7 Å². The minimum Gasteiger partial charge on any atom is -0.426 e. The second kappa shape index (κ2) is 5.77. The Bertz CT molecular complexity index is 722. The molecule has 0 aliphatic rings. The maximum absolute atomic E-state index is 13.7. The Labute approximate surface area is 116 Å². The fraction of sp³-hybridized carbons (Fsp3) is 0. The monoisotopic (exact) mass is 293 g/mol. The number of hydrogen-bond donors (Lipinski definition) is 2. The first kappa shape index (κ1) is 14.1. The summed E-state index contributed by atoms with van der Waals surface area (Å²) in [4.78, 5) is 10.1. The van der Waals surface area contributed by atoms with Crippen molar-refractivity contribution in [2.45, 2.75) is 0 Å². The van der Waals surface area contributed by atoms with E-state index < -0.39 is 22.2 Å². The number of nitrogens with two attached hydrogens (primary N) is 1. The summed E-state index contributed by atoms with van der Waals surface area (Å²) in [5.74, 6) is -2.30. The van der Waals surface area contributed by atoms with E-state index in [9.17, 15) is 14.5 Å². The zero-order valence-corrected chi connectivity index (χ0v) is 10.3. The fourth-order valence-electron chi connectivity index (χ4n) is 1.48. The average molecular weight is 293 g/mol. The molecule has 2 rings (SSSR count). The van der Waals surface area contributed by atoms with E-state index in [2.05, 4.69) is 15.4 Å². The lowest BCUT2D eigenvalue weighted by atomic mass is 10.2. The van der Waals surface area contributed by atoms with Gasteiger partial charge in [0.25, 0.3) is 0 Å². The first-order valence-corrected chi connectivity index (χ1v) is 5.45. The van der Waals surface area contributed by atoms with Crippen molar-refractivity contribution >= 4 is 11.5 Å². The molecule has 0 bridgehead atoms. The highest BCUT2D eigenvalue weighted by Crippen LogP contribution is 2.33. The molecule has 9 nitrogen and oxygen atoms in total. The van der Waals surface area contributed by atoms with Crippen molar-refractivity contribution in [3.8, 4) is 11.6 Å². The topological polar surface area (TPSA) is 137 Å². The smallest absolute Gasteiger partial charge is 0.314 e. The van der Waals surface area contributed by atoms with Crippen LogP contribution in [0.5, 0.6) is 11.6 Å². The molecule has 108 valence electrons. The molecule has 1 aromatic carbocycles. The molecule has 0 radical (unpaired) electrons. The Morgan fingerprint density at radius 3 is 2.90 bits per heavy atom. The van der Waals surface area contributed by atoms with Gasteiger partial charge in [0.1, 0.15) is 0 Å². The number of amidine groups is 1. The third-order valence-corrected chi connectivity index (χ3v) is 2.41. The second-order valence-corrected chi connectivity index (χ2v) is 3.68. The van der Waals surface area contributed by atoms with Crippen LogP contribution in [0.2, 0.25) is 0 Å². The van der Waals surface area contributed by atoms with Crippen LogP contribution >= 0.6 is 0 Å². The molecule has 0 saturated carbocycles. The highest BCUT2D eigenvalue weighted by Gasteiger charge is 2.22. The third kappa shape index (κ3) is 2.83. The molecule has 0 saturated heterocycles. The molecule has 3 N–H and O–H groups in total. The molecule has 21 heavy (non-hydrogen) atoms. The van der Waals surface area contributed by atoms with Gasteiger partial charge in [-0.25, -0.2) is 4.39 Å². The van der Waals surface area contributed by atoms with Gasteiger partial charge in [-0.1, -0.05) is 11.2 Å². The number of oxime groups is 1. The summed E-state index contributed by atoms with van der Waals surface area (Å²) in [7, 11) is 0. The van der Waals surface area contributed by atoms with Gasteiger partial charge in [0, 0.05) is 6.07 Å². The van der Waals surface area contributed by atoms with Crippen molar-refractivity contribution in [1.82, 2.24) is 10.2 Å². The molecule has 10 heteroatoms. The van der Waals surface area contributed by atoms with E-state index in [-0.39, 0.29) is 17.3 Å². The Hall–Kier alpha value is -3.30. The van der Waals surface area contributed by atoms with Gasteiger partial charge in [0.15, 0.2) is 11.7 Å². The van der Waals surface area contributed by atoms with Gasteiger partial charge in [0.2, 0.25) is 11.6 Å². The predicted molar refractivity (Wildman–Crippen MR) is 67.7 cm³/mol. The lowest BCUT2D eigenvalue weighted by Crippen LogP contribution is -2.15. The number of hydrogen-bond acceptors (Lipinski definition) is 7. The average Bonchev–Trinajstić information content (AvgIpc) is 2.48. The second-order valence-electron chi connectivity index (χ2n) is 3.68. The summed E-state index contributed by atoms with van der Waals surface area (Å²) in [6.07, 6.45) is 1.23. The summed E-state index contributed by atoms with van der Waals surface area (Å²) >= 11 is 0. The lowest BCUT2D eigenvalue weighted by Gasteiger charge is -2.08. The quantitative estimate of drug-likeness (QED) is 0.286. The van der Waals surface area contributed by atoms with Crippen LogP contribution < -0.4 is 10.5 Å². The summed E-state index contributed by atoms with van der Waals surface area (Å²) < 4.78 is 18.8. The Kier molecular flexibility index (Phi) is 3.88.